The van der Waals surface area contributed by atoms with Gasteiger partial charge in [-0.3, -0.25) is 9.59 Å². The lowest BCUT2D eigenvalue weighted by atomic mass is 10.1. The molecule has 2 aromatic heterocycles. The highest BCUT2D eigenvalue weighted by molar-refractivity contribution is 5.75. The van der Waals surface area contributed by atoms with Gasteiger partial charge in [-0.1, -0.05) is 61.5 Å². The molecule has 0 atom stereocenters. The number of fused-ring (bicyclic) bond motifs is 1. The van der Waals surface area contributed by atoms with Crippen LogP contribution < -0.4 is 10.9 Å². The highest BCUT2D eigenvalue weighted by Gasteiger charge is 2.14. The highest BCUT2D eigenvalue weighted by atomic mass is 16.2. The van der Waals surface area contributed by atoms with Crippen LogP contribution in [0.1, 0.15) is 23.9 Å². The molecule has 0 saturated carbocycles. The molecule has 4 rings (SSSR count). The zero-order valence-corrected chi connectivity index (χ0v) is 17.7. The van der Waals surface area contributed by atoms with E-state index in [-0.39, 0.29) is 18.0 Å². The van der Waals surface area contributed by atoms with Gasteiger partial charge in [0, 0.05) is 12.1 Å². The molecule has 7 heteroatoms. The van der Waals surface area contributed by atoms with Gasteiger partial charge >= 0.3 is 0 Å². The first-order valence-electron chi connectivity index (χ1n) is 10.4. The molecule has 7 nitrogen and oxygen atoms in total. The molecule has 0 fully saturated rings. The molecular weight excluding hydrogens is 390 g/mol. The van der Waals surface area contributed by atoms with Crippen molar-refractivity contribution in [3.8, 4) is 11.3 Å². The summed E-state index contributed by atoms with van der Waals surface area (Å²) in [6.45, 7) is 4.25. The van der Waals surface area contributed by atoms with Gasteiger partial charge in [0.05, 0.1) is 5.69 Å². The minimum Gasteiger partial charge on any atom is -0.354 e. The van der Waals surface area contributed by atoms with E-state index in [1.165, 1.54) is 14.8 Å². The van der Waals surface area contributed by atoms with Crippen molar-refractivity contribution < 1.29 is 4.79 Å². The predicted octanol–water partition coefficient (Wildman–Crippen LogP) is 2.79. The van der Waals surface area contributed by atoms with Gasteiger partial charge in [-0.2, -0.15) is 10.2 Å². The van der Waals surface area contributed by atoms with Crippen molar-refractivity contribution in [3.63, 3.8) is 0 Å². The number of nitrogens with zero attached hydrogens (tertiary/aromatic N) is 4. The van der Waals surface area contributed by atoms with Crippen molar-refractivity contribution in [2.45, 2.75) is 33.2 Å². The molecule has 1 amide bonds. The fourth-order valence-corrected chi connectivity index (χ4v) is 3.52. The van der Waals surface area contributed by atoms with Crippen molar-refractivity contribution in [2.75, 3.05) is 6.54 Å². The molecule has 0 unspecified atom stereocenters. The number of carbonyl (C=O) groups excluding carboxylic acids is 1. The standard InChI is InChI=1S/C24H25N5O2/c1-3-18-9-11-20(12-10-18)21-15-22-24(31)28(26-17(2)29(22)27-21)16-23(30)25-14-13-19-7-5-4-6-8-19/h4-12,15H,3,13-14,16H2,1-2H3,(H,25,30). The van der Waals surface area contributed by atoms with Crippen LogP contribution >= 0.6 is 0 Å². The second-order valence-corrected chi connectivity index (χ2v) is 7.47. The Morgan fingerprint density at radius 3 is 2.45 bits per heavy atom. The lowest BCUT2D eigenvalue weighted by Crippen LogP contribution is -2.35. The van der Waals surface area contributed by atoms with Crippen LogP contribution in [0.15, 0.2) is 65.5 Å². The fraction of sp³-hybridized carbons (Fsp3) is 0.250. The van der Waals surface area contributed by atoms with Gasteiger partial charge in [-0.15, -0.1) is 0 Å². The van der Waals surface area contributed by atoms with E-state index in [4.69, 9.17) is 0 Å². The number of hydrogen-bond acceptors (Lipinski definition) is 4. The third kappa shape index (κ3) is 4.55. The van der Waals surface area contributed by atoms with Crippen LogP contribution in [0.25, 0.3) is 16.8 Å². The number of hydrogen-bond donors (Lipinski definition) is 1. The Kier molecular flexibility index (Phi) is 5.93. The average molecular weight is 415 g/mol. The zero-order valence-electron chi connectivity index (χ0n) is 17.7. The predicted molar refractivity (Wildman–Crippen MR) is 120 cm³/mol. The van der Waals surface area contributed by atoms with Crippen molar-refractivity contribution >= 4 is 11.4 Å². The SMILES string of the molecule is CCc1ccc(-c2cc3c(=O)n(CC(=O)NCCc4ccccc4)nc(C)n3n2)cc1. The first-order chi connectivity index (χ1) is 15.0. The second-order valence-electron chi connectivity index (χ2n) is 7.47. The number of benzene rings is 2. The summed E-state index contributed by atoms with van der Waals surface area (Å²) >= 11 is 0. The summed E-state index contributed by atoms with van der Waals surface area (Å²) < 4.78 is 2.74. The van der Waals surface area contributed by atoms with Gasteiger partial charge < -0.3 is 5.32 Å². The maximum absolute atomic E-state index is 12.9. The molecule has 0 radical (unpaired) electrons. The van der Waals surface area contributed by atoms with Crippen LogP contribution in [-0.2, 0) is 24.2 Å². The van der Waals surface area contributed by atoms with Gasteiger partial charge in [0.1, 0.15) is 17.9 Å². The Labute approximate surface area is 180 Å². The van der Waals surface area contributed by atoms with E-state index in [1.807, 2.05) is 42.5 Å². The van der Waals surface area contributed by atoms with Crippen molar-refractivity contribution in [2.24, 2.45) is 0 Å². The number of nitrogens with one attached hydrogen (secondary N) is 1. The van der Waals surface area contributed by atoms with Crippen LogP contribution in [0, 0.1) is 6.92 Å². The Morgan fingerprint density at radius 2 is 1.74 bits per heavy atom. The molecule has 0 saturated heterocycles. The second kappa shape index (κ2) is 8.95. The van der Waals surface area contributed by atoms with Gasteiger partial charge in [-0.05, 0) is 37.0 Å². The Bertz CT molecular complexity index is 1260. The van der Waals surface area contributed by atoms with E-state index in [0.29, 0.717) is 23.6 Å². The molecule has 31 heavy (non-hydrogen) atoms. The summed E-state index contributed by atoms with van der Waals surface area (Å²) in [5, 5.41) is 11.7. The van der Waals surface area contributed by atoms with Crippen LogP contribution in [0.3, 0.4) is 0 Å². The van der Waals surface area contributed by atoms with Crippen molar-refractivity contribution in [3.05, 3.63) is 88.0 Å². The highest BCUT2D eigenvalue weighted by Crippen LogP contribution is 2.19. The van der Waals surface area contributed by atoms with E-state index >= 15 is 0 Å². The molecule has 158 valence electrons. The van der Waals surface area contributed by atoms with Crippen LogP contribution in [0.5, 0.6) is 0 Å². The summed E-state index contributed by atoms with van der Waals surface area (Å²) in [4.78, 5) is 25.3. The normalized spacial score (nSPS) is 11.0. The monoisotopic (exact) mass is 415 g/mol. The minimum atomic E-state index is -0.340. The van der Waals surface area contributed by atoms with Gasteiger partial charge in [0.25, 0.3) is 5.56 Å². The number of carbonyl (C=O) groups is 1. The summed E-state index contributed by atoms with van der Waals surface area (Å²) in [5.74, 6) is 0.298. The molecule has 0 aliphatic rings. The number of aromatic nitrogens is 4. The van der Waals surface area contributed by atoms with E-state index in [1.54, 1.807) is 13.0 Å². The van der Waals surface area contributed by atoms with E-state index in [0.717, 1.165) is 24.0 Å². The summed E-state index contributed by atoms with van der Waals surface area (Å²) in [6, 6.07) is 19.8. The summed E-state index contributed by atoms with van der Waals surface area (Å²) in [5.41, 5.74) is 4.09. The third-order valence-electron chi connectivity index (χ3n) is 5.26. The van der Waals surface area contributed by atoms with Gasteiger partial charge in [0.2, 0.25) is 5.91 Å². The van der Waals surface area contributed by atoms with E-state index < -0.39 is 0 Å². The Morgan fingerprint density at radius 1 is 1.00 bits per heavy atom. The number of amides is 1. The third-order valence-corrected chi connectivity index (χ3v) is 5.26. The molecule has 1 N–H and O–H groups in total. The minimum absolute atomic E-state index is 0.128. The molecular formula is C24H25N5O2. The first-order valence-corrected chi connectivity index (χ1v) is 10.4. The Hall–Kier alpha value is -3.74. The largest absolute Gasteiger partial charge is 0.354 e. The van der Waals surface area contributed by atoms with Crippen LogP contribution in [-0.4, -0.2) is 31.8 Å². The topological polar surface area (TPSA) is 81.3 Å². The van der Waals surface area contributed by atoms with E-state index in [2.05, 4.69) is 34.6 Å². The number of rotatable bonds is 7. The van der Waals surface area contributed by atoms with Crippen molar-refractivity contribution in [1.82, 2.24) is 24.7 Å². The molecule has 0 aliphatic carbocycles. The smallest absolute Gasteiger partial charge is 0.293 e. The van der Waals surface area contributed by atoms with Crippen molar-refractivity contribution in [1.29, 1.82) is 0 Å². The molecule has 0 spiro atoms. The Balaban J connectivity index is 1.51. The lowest BCUT2D eigenvalue weighted by molar-refractivity contribution is -0.121. The molecule has 0 bridgehead atoms. The maximum atomic E-state index is 12.9. The van der Waals surface area contributed by atoms with Crippen LogP contribution in [0.2, 0.25) is 0 Å². The average Bonchev–Trinajstić information content (AvgIpc) is 3.24. The molecule has 2 heterocycles. The summed E-state index contributed by atoms with van der Waals surface area (Å²) in [7, 11) is 0. The maximum Gasteiger partial charge on any atom is 0.293 e. The van der Waals surface area contributed by atoms with Gasteiger partial charge in [-0.25, -0.2) is 9.20 Å². The first kappa shape index (κ1) is 20.5. The number of aryl methyl sites for hydroxylation is 2. The zero-order chi connectivity index (χ0) is 21.8. The quantitative estimate of drug-likeness (QED) is 0.503. The summed E-state index contributed by atoms with van der Waals surface area (Å²) in [6.07, 6.45) is 1.70. The van der Waals surface area contributed by atoms with Crippen LogP contribution in [0.4, 0.5) is 0 Å². The lowest BCUT2D eigenvalue weighted by Gasteiger charge is -2.08. The molecule has 4 aromatic rings. The molecule has 2 aromatic carbocycles. The fourth-order valence-electron chi connectivity index (χ4n) is 3.52. The van der Waals surface area contributed by atoms with E-state index in [9.17, 15) is 9.59 Å². The van der Waals surface area contributed by atoms with Gasteiger partial charge in [0.15, 0.2) is 0 Å². The molecule has 0 aliphatic heterocycles.